The van der Waals surface area contributed by atoms with E-state index in [1.807, 2.05) is 6.07 Å². The van der Waals surface area contributed by atoms with Crippen LogP contribution in [0.4, 0.5) is 4.39 Å². The molecule has 0 fully saturated rings. The van der Waals surface area contributed by atoms with Crippen LogP contribution in [0, 0.1) is 6.01 Å². The Labute approximate surface area is 132 Å². The summed E-state index contributed by atoms with van der Waals surface area (Å²) in [5.41, 5.74) is 4.69. The topological polar surface area (TPSA) is 41.4 Å². The molecule has 4 heterocycles. The molecule has 0 saturated heterocycles. The van der Waals surface area contributed by atoms with Gasteiger partial charge < -0.3 is 14.1 Å². The molecule has 0 amide bonds. The number of hydrogen-bond donors (Lipinski definition) is 1. The first-order chi connectivity index (χ1) is 11.2. The van der Waals surface area contributed by atoms with E-state index >= 15 is 0 Å². The summed E-state index contributed by atoms with van der Waals surface area (Å²) in [6, 6.07) is 7.30. The van der Waals surface area contributed by atoms with Crippen LogP contribution >= 0.6 is 0 Å². The molecule has 1 atom stereocenters. The molecule has 0 unspecified atom stereocenters. The van der Waals surface area contributed by atoms with E-state index in [1.54, 1.807) is 13.2 Å². The van der Waals surface area contributed by atoms with Gasteiger partial charge in [-0.2, -0.15) is 4.39 Å². The highest BCUT2D eigenvalue weighted by Gasteiger charge is 2.36. The summed E-state index contributed by atoms with van der Waals surface area (Å²) in [6.07, 6.45) is 1.69. The molecule has 2 aliphatic heterocycles. The smallest absolute Gasteiger partial charge is 0.278 e. The van der Waals surface area contributed by atoms with E-state index in [2.05, 4.69) is 22.0 Å². The van der Waals surface area contributed by atoms with Crippen molar-refractivity contribution in [2.45, 2.75) is 25.4 Å². The molecule has 0 bridgehead atoms. The van der Waals surface area contributed by atoms with Crippen LogP contribution in [0.25, 0.3) is 10.9 Å². The lowest BCUT2D eigenvalue weighted by Crippen LogP contribution is -2.38. The number of nitrogens with one attached hydrogen (secondary N) is 1. The number of ether oxygens (including phenoxy) is 1. The molecule has 0 spiro atoms. The van der Waals surface area contributed by atoms with Gasteiger partial charge in [-0.05, 0) is 42.2 Å². The number of fused-ring (bicyclic) bond motifs is 6. The summed E-state index contributed by atoms with van der Waals surface area (Å²) >= 11 is 0. The number of aromatic amines is 1. The highest BCUT2D eigenvalue weighted by atomic mass is 19.1. The molecule has 3 aromatic rings. The third-order valence-electron chi connectivity index (χ3n) is 5.18. The van der Waals surface area contributed by atoms with Crippen LogP contribution in [0.1, 0.15) is 28.6 Å². The van der Waals surface area contributed by atoms with Crippen molar-refractivity contribution in [1.29, 1.82) is 0 Å². The Morgan fingerprint density at radius 2 is 2.26 bits per heavy atom. The van der Waals surface area contributed by atoms with Crippen LogP contribution in [0.5, 0.6) is 5.75 Å². The van der Waals surface area contributed by atoms with E-state index in [1.165, 1.54) is 16.6 Å². The van der Waals surface area contributed by atoms with E-state index < -0.39 is 6.01 Å². The minimum absolute atomic E-state index is 0.126. The summed E-state index contributed by atoms with van der Waals surface area (Å²) in [6.45, 7) is 1.79. The highest BCUT2D eigenvalue weighted by molar-refractivity contribution is 5.86. The van der Waals surface area contributed by atoms with Crippen molar-refractivity contribution >= 4 is 10.9 Å². The second-order valence-corrected chi connectivity index (χ2v) is 6.37. The minimum atomic E-state index is -0.469. The fraction of sp³-hybridized carbons (Fsp3) is 0.333. The number of benzene rings is 1. The van der Waals surface area contributed by atoms with Crippen LogP contribution < -0.4 is 4.74 Å². The normalized spacial score (nSPS) is 20.2. The number of hydrogen-bond acceptors (Lipinski definition) is 3. The minimum Gasteiger partial charge on any atom is -0.497 e. The number of aromatic nitrogens is 1. The molecular formula is C18H17FN2O2. The maximum Gasteiger partial charge on any atom is 0.278 e. The van der Waals surface area contributed by atoms with Crippen molar-refractivity contribution in [2.75, 3.05) is 13.7 Å². The zero-order chi connectivity index (χ0) is 15.6. The summed E-state index contributed by atoms with van der Waals surface area (Å²) in [5.74, 6) is 1.66. The van der Waals surface area contributed by atoms with E-state index in [9.17, 15) is 4.39 Å². The van der Waals surface area contributed by atoms with Crippen LogP contribution in [-0.4, -0.2) is 23.5 Å². The molecule has 0 aliphatic carbocycles. The lowest BCUT2D eigenvalue weighted by molar-refractivity contribution is 0.130. The van der Waals surface area contributed by atoms with Crippen molar-refractivity contribution in [3.8, 4) is 5.75 Å². The van der Waals surface area contributed by atoms with E-state index in [0.29, 0.717) is 0 Å². The first kappa shape index (κ1) is 13.2. The third kappa shape index (κ3) is 1.86. The lowest BCUT2D eigenvalue weighted by atomic mass is 9.90. The first-order valence-electron chi connectivity index (χ1n) is 7.92. The monoisotopic (exact) mass is 312 g/mol. The number of methoxy groups -OCH3 is 1. The van der Waals surface area contributed by atoms with Crippen LogP contribution in [0.3, 0.4) is 0 Å². The fourth-order valence-electron chi connectivity index (χ4n) is 4.06. The average molecular weight is 312 g/mol. The predicted octanol–water partition coefficient (Wildman–Crippen LogP) is 3.56. The molecule has 0 saturated carbocycles. The molecule has 5 rings (SSSR count). The van der Waals surface area contributed by atoms with E-state index in [4.69, 9.17) is 9.15 Å². The predicted molar refractivity (Wildman–Crippen MR) is 84.1 cm³/mol. The van der Waals surface area contributed by atoms with Crippen LogP contribution in [0.2, 0.25) is 0 Å². The summed E-state index contributed by atoms with van der Waals surface area (Å²) in [5, 5.41) is 1.19. The molecule has 0 radical (unpaired) electrons. The van der Waals surface area contributed by atoms with Crippen LogP contribution in [-0.2, 0) is 19.4 Å². The number of rotatable bonds is 1. The Balaban J connectivity index is 1.64. The summed E-state index contributed by atoms with van der Waals surface area (Å²) in [4.78, 5) is 5.90. The molecule has 1 aromatic carbocycles. The summed E-state index contributed by atoms with van der Waals surface area (Å²) < 4.78 is 24.3. The fourth-order valence-corrected chi connectivity index (χ4v) is 4.06. The number of nitrogens with zero attached hydrogens (tertiary/aromatic N) is 1. The molecular weight excluding hydrogens is 295 g/mol. The van der Waals surface area contributed by atoms with Crippen molar-refractivity contribution in [3.05, 3.63) is 52.9 Å². The molecule has 4 nitrogen and oxygen atoms in total. The van der Waals surface area contributed by atoms with E-state index in [-0.39, 0.29) is 6.04 Å². The second kappa shape index (κ2) is 4.61. The van der Waals surface area contributed by atoms with Gasteiger partial charge in [0.15, 0.2) is 0 Å². The average Bonchev–Trinajstić information content (AvgIpc) is 3.11. The highest BCUT2D eigenvalue weighted by Crippen LogP contribution is 2.41. The van der Waals surface area contributed by atoms with Crippen molar-refractivity contribution < 1.29 is 13.5 Å². The van der Waals surface area contributed by atoms with Gasteiger partial charge in [0.25, 0.3) is 6.01 Å². The first-order valence-corrected chi connectivity index (χ1v) is 7.92. The van der Waals surface area contributed by atoms with Crippen LogP contribution in [0.15, 0.2) is 28.7 Å². The Hall–Kier alpha value is -2.27. The number of halogens is 1. The Kier molecular flexibility index (Phi) is 2.65. The number of H-pyrrole nitrogens is 1. The van der Waals surface area contributed by atoms with Crippen molar-refractivity contribution in [1.82, 2.24) is 9.88 Å². The van der Waals surface area contributed by atoms with Gasteiger partial charge in [0.2, 0.25) is 0 Å². The molecule has 23 heavy (non-hydrogen) atoms. The second-order valence-electron chi connectivity index (χ2n) is 6.37. The Morgan fingerprint density at radius 3 is 3.13 bits per heavy atom. The number of furan rings is 1. The third-order valence-corrected chi connectivity index (χ3v) is 5.18. The van der Waals surface area contributed by atoms with Gasteiger partial charge in [-0.25, -0.2) is 0 Å². The quantitative estimate of drug-likeness (QED) is 0.747. The largest absolute Gasteiger partial charge is 0.497 e. The van der Waals surface area contributed by atoms with Gasteiger partial charge in [-0.1, -0.05) is 0 Å². The SMILES string of the molecule is COc1ccc2[nH]c3c(c2c1)C[C@H]1c2oc(F)cc2CCN1C3. The van der Waals surface area contributed by atoms with Crippen molar-refractivity contribution in [3.63, 3.8) is 0 Å². The lowest BCUT2D eigenvalue weighted by Gasteiger charge is -2.37. The van der Waals surface area contributed by atoms with Gasteiger partial charge in [-0.15, -0.1) is 0 Å². The van der Waals surface area contributed by atoms with Crippen molar-refractivity contribution in [2.24, 2.45) is 0 Å². The standard InChI is InChI=1S/C18H17FN2O2/c1-22-11-2-3-14-12(7-11)13-8-16-18-10(6-17(19)23-18)4-5-21(16)9-15(13)20-14/h2-3,6-7,16,20H,4-5,8-9H2,1H3/t16-/m0/s1. The maximum absolute atomic E-state index is 13.5. The molecule has 2 aromatic heterocycles. The molecule has 118 valence electrons. The molecule has 1 N–H and O–H groups in total. The summed E-state index contributed by atoms with van der Waals surface area (Å²) in [7, 11) is 1.68. The zero-order valence-electron chi connectivity index (χ0n) is 12.9. The molecule has 2 aliphatic rings. The Bertz CT molecular complexity index is 911. The van der Waals surface area contributed by atoms with Gasteiger partial charge in [0, 0.05) is 35.8 Å². The maximum atomic E-state index is 13.5. The zero-order valence-corrected chi connectivity index (χ0v) is 12.9. The molecule has 5 heteroatoms. The van der Waals surface area contributed by atoms with E-state index in [0.717, 1.165) is 48.5 Å². The van der Waals surface area contributed by atoms with Gasteiger partial charge in [-0.3, -0.25) is 4.90 Å². The van der Waals surface area contributed by atoms with Gasteiger partial charge in [0.05, 0.1) is 13.2 Å². The Morgan fingerprint density at radius 1 is 1.35 bits per heavy atom. The van der Waals surface area contributed by atoms with Gasteiger partial charge >= 0.3 is 0 Å². The van der Waals surface area contributed by atoms with Gasteiger partial charge in [0.1, 0.15) is 11.5 Å².